The first kappa shape index (κ1) is 12.7. The number of nitrogens with one attached hydrogen (secondary N) is 1. The lowest BCUT2D eigenvalue weighted by atomic mass is 10.1. The van der Waals surface area contributed by atoms with Gasteiger partial charge in [0.2, 0.25) is 0 Å². The molecule has 0 saturated carbocycles. The SMILES string of the molecule is CCCc1ccccc1NCc1cnn(C)c1C. The summed E-state index contributed by atoms with van der Waals surface area (Å²) in [6.07, 6.45) is 4.23. The number of hydrogen-bond donors (Lipinski definition) is 1. The van der Waals surface area contributed by atoms with E-state index < -0.39 is 0 Å². The predicted octanol–water partition coefficient (Wildman–Crippen LogP) is 3.29. The number of benzene rings is 1. The van der Waals surface area contributed by atoms with E-state index in [0.29, 0.717) is 0 Å². The molecule has 1 aromatic carbocycles. The summed E-state index contributed by atoms with van der Waals surface area (Å²) in [6.45, 7) is 5.14. The van der Waals surface area contributed by atoms with Gasteiger partial charge in [-0.05, 0) is 25.0 Å². The zero-order valence-electron chi connectivity index (χ0n) is 11.4. The van der Waals surface area contributed by atoms with Crippen molar-refractivity contribution in [3.8, 4) is 0 Å². The van der Waals surface area contributed by atoms with Crippen LogP contribution in [0, 0.1) is 6.92 Å². The lowest BCUT2D eigenvalue weighted by molar-refractivity contribution is 0.738. The van der Waals surface area contributed by atoms with Crippen molar-refractivity contribution in [1.29, 1.82) is 0 Å². The van der Waals surface area contributed by atoms with Crippen LogP contribution in [0.3, 0.4) is 0 Å². The largest absolute Gasteiger partial charge is 0.381 e. The quantitative estimate of drug-likeness (QED) is 0.873. The molecule has 18 heavy (non-hydrogen) atoms. The zero-order chi connectivity index (χ0) is 13.0. The van der Waals surface area contributed by atoms with Gasteiger partial charge in [0.25, 0.3) is 0 Å². The highest BCUT2D eigenvalue weighted by Gasteiger charge is 2.05. The predicted molar refractivity (Wildman–Crippen MR) is 75.7 cm³/mol. The van der Waals surface area contributed by atoms with E-state index in [-0.39, 0.29) is 0 Å². The standard InChI is InChI=1S/C15H21N3/c1-4-7-13-8-5-6-9-15(13)16-10-14-11-17-18(3)12(14)2/h5-6,8-9,11,16H,4,7,10H2,1-3H3. The van der Waals surface area contributed by atoms with Crippen LogP contribution in [-0.2, 0) is 20.0 Å². The van der Waals surface area contributed by atoms with E-state index in [4.69, 9.17) is 0 Å². The lowest BCUT2D eigenvalue weighted by Gasteiger charge is -2.11. The van der Waals surface area contributed by atoms with Gasteiger partial charge in [0.05, 0.1) is 6.20 Å². The topological polar surface area (TPSA) is 29.9 Å². The van der Waals surface area contributed by atoms with Gasteiger partial charge >= 0.3 is 0 Å². The van der Waals surface area contributed by atoms with E-state index in [1.165, 1.54) is 28.9 Å². The molecule has 0 amide bonds. The number of para-hydroxylation sites is 1. The van der Waals surface area contributed by atoms with Gasteiger partial charge in [-0.2, -0.15) is 5.10 Å². The number of hydrogen-bond acceptors (Lipinski definition) is 2. The summed E-state index contributed by atoms with van der Waals surface area (Å²) in [7, 11) is 1.98. The third-order valence-electron chi connectivity index (χ3n) is 3.34. The molecule has 2 rings (SSSR count). The molecule has 1 heterocycles. The fraction of sp³-hybridized carbons (Fsp3) is 0.400. The molecule has 0 saturated heterocycles. The molecule has 1 aromatic heterocycles. The van der Waals surface area contributed by atoms with Gasteiger partial charge in [-0.15, -0.1) is 0 Å². The molecule has 1 N–H and O–H groups in total. The maximum absolute atomic E-state index is 4.26. The molecular formula is C15H21N3. The number of anilines is 1. The summed E-state index contributed by atoms with van der Waals surface area (Å²) in [5.41, 5.74) is 5.10. The fourth-order valence-electron chi connectivity index (χ4n) is 2.09. The van der Waals surface area contributed by atoms with Gasteiger partial charge < -0.3 is 5.32 Å². The van der Waals surface area contributed by atoms with Crippen molar-refractivity contribution in [2.75, 3.05) is 5.32 Å². The highest BCUT2D eigenvalue weighted by Crippen LogP contribution is 2.18. The van der Waals surface area contributed by atoms with Gasteiger partial charge in [-0.1, -0.05) is 31.5 Å². The molecule has 0 spiro atoms. The van der Waals surface area contributed by atoms with E-state index >= 15 is 0 Å². The van der Waals surface area contributed by atoms with Crippen LogP contribution in [0.2, 0.25) is 0 Å². The van der Waals surface area contributed by atoms with Crippen LogP contribution < -0.4 is 5.32 Å². The Morgan fingerprint density at radius 2 is 2.00 bits per heavy atom. The van der Waals surface area contributed by atoms with E-state index in [1.54, 1.807) is 0 Å². The van der Waals surface area contributed by atoms with E-state index in [9.17, 15) is 0 Å². The second-order valence-electron chi connectivity index (χ2n) is 4.64. The van der Waals surface area contributed by atoms with Crippen LogP contribution in [0.4, 0.5) is 5.69 Å². The Bertz CT molecular complexity index is 514. The number of aryl methyl sites for hydroxylation is 2. The molecule has 2 aromatic rings. The van der Waals surface area contributed by atoms with Crippen molar-refractivity contribution >= 4 is 5.69 Å². The van der Waals surface area contributed by atoms with E-state index in [0.717, 1.165) is 13.0 Å². The third-order valence-corrected chi connectivity index (χ3v) is 3.34. The second-order valence-corrected chi connectivity index (χ2v) is 4.64. The van der Waals surface area contributed by atoms with Crippen molar-refractivity contribution in [3.05, 3.63) is 47.3 Å². The van der Waals surface area contributed by atoms with Gasteiger partial charge in [-0.3, -0.25) is 4.68 Å². The van der Waals surface area contributed by atoms with Crippen LogP contribution in [0.1, 0.15) is 30.2 Å². The molecule has 0 aliphatic heterocycles. The maximum atomic E-state index is 4.26. The Morgan fingerprint density at radius 1 is 1.22 bits per heavy atom. The number of nitrogens with zero attached hydrogens (tertiary/aromatic N) is 2. The molecule has 0 unspecified atom stereocenters. The van der Waals surface area contributed by atoms with Gasteiger partial charge in [0, 0.05) is 30.5 Å². The normalized spacial score (nSPS) is 10.6. The fourth-order valence-corrected chi connectivity index (χ4v) is 2.09. The van der Waals surface area contributed by atoms with Gasteiger partial charge in [0.15, 0.2) is 0 Å². The monoisotopic (exact) mass is 243 g/mol. The molecule has 0 aliphatic rings. The van der Waals surface area contributed by atoms with Crippen molar-refractivity contribution in [2.24, 2.45) is 7.05 Å². The first-order valence-corrected chi connectivity index (χ1v) is 6.51. The molecular weight excluding hydrogens is 222 g/mol. The summed E-state index contributed by atoms with van der Waals surface area (Å²) in [5, 5.41) is 7.78. The van der Waals surface area contributed by atoms with Crippen molar-refractivity contribution in [3.63, 3.8) is 0 Å². The van der Waals surface area contributed by atoms with Crippen molar-refractivity contribution in [1.82, 2.24) is 9.78 Å². The summed E-state index contributed by atoms with van der Waals surface area (Å²) >= 11 is 0. The number of aromatic nitrogens is 2. The Labute approximate surface area is 109 Å². The minimum atomic E-state index is 0.834. The smallest absolute Gasteiger partial charge is 0.0542 e. The Morgan fingerprint density at radius 3 is 2.67 bits per heavy atom. The average molecular weight is 243 g/mol. The van der Waals surface area contributed by atoms with Crippen LogP contribution in [0.25, 0.3) is 0 Å². The maximum Gasteiger partial charge on any atom is 0.0542 e. The highest BCUT2D eigenvalue weighted by atomic mass is 15.3. The average Bonchev–Trinajstić information content (AvgIpc) is 2.70. The molecule has 0 bridgehead atoms. The number of rotatable bonds is 5. The molecule has 96 valence electrons. The zero-order valence-corrected chi connectivity index (χ0v) is 11.4. The molecule has 0 aliphatic carbocycles. The molecule has 3 nitrogen and oxygen atoms in total. The first-order valence-electron chi connectivity index (χ1n) is 6.51. The third kappa shape index (κ3) is 2.73. The Hall–Kier alpha value is -1.77. The van der Waals surface area contributed by atoms with Crippen LogP contribution in [0.5, 0.6) is 0 Å². The van der Waals surface area contributed by atoms with Crippen LogP contribution >= 0.6 is 0 Å². The first-order chi connectivity index (χ1) is 8.72. The lowest BCUT2D eigenvalue weighted by Crippen LogP contribution is -2.03. The summed E-state index contributed by atoms with van der Waals surface area (Å²) in [4.78, 5) is 0. The Balaban J connectivity index is 2.08. The Kier molecular flexibility index (Phi) is 4.03. The minimum absolute atomic E-state index is 0.834. The van der Waals surface area contributed by atoms with E-state index in [2.05, 4.69) is 48.5 Å². The van der Waals surface area contributed by atoms with Crippen LogP contribution in [-0.4, -0.2) is 9.78 Å². The minimum Gasteiger partial charge on any atom is -0.381 e. The highest BCUT2D eigenvalue weighted by molar-refractivity contribution is 5.51. The van der Waals surface area contributed by atoms with Crippen molar-refractivity contribution in [2.45, 2.75) is 33.2 Å². The molecule has 0 radical (unpaired) electrons. The summed E-state index contributed by atoms with van der Waals surface area (Å²) in [6, 6.07) is 8.53. The summed E-state index contributed by atoms with van der Waals surface area (Å²) < 4.78 is 1.91. The molecule has 3 heteroatoms. The van der Waals surface area contributed by atoms with E-state index in [1.807, 2.05) is 17.9 Å². The summed E-state index contributed by atoms with van der Waals surface area (Å²) in [5.74, 6) is 0. The van der Waals surface area contributed by atoms with Crippen molar-refractivity contribution < 1.29 is 0 Å². The van der Waals surface area contributed by atoms with Gasteiger partial charge in [-0.25, -0.2) is 0 Å². The second kappa shape index (κ2) is 5.71. The molecule has 0 fully saturated rings. The molecule has 0 atom stereocenters. The van der Waals surface area contributed by atoms with Gasteiger partial charge in [0.1, 0.15) is 0 Å². The van der Waals surface area contributed by atoms with Crippen LogP contribution in [0.15, 0.2) is 30.5 Å².